The second-order valence-electron chi connectivity index (χ2n) is 5.13. The molecule has 16 heavy (non-hydrogen) atoms. The van der Waals surface area contributed by atoms with Crippen LogP contribution in [-0.2, 0) is 14.3 Å². The smallest absolute Gasteiger partial charge is 0.308 e. The van der Waals surface area contributed by atoms with Gasteiger partial charge in [-0.3, -0.25) is 4.79 Å². The van der Waals surface area contributed by atoms with E-state index in [9.17, 15) is 4.79 Å². The second kappa shape index (κ2) is 4.72. The van der Waals surface area contributed by atoms with E-state index in [1.54, 1.807) is 6.92 Å². The number of hydrogen-bond acceptors (Lipinski definition) is 3. The molecule has 0 bridgehead atoms. The molecule has 4 heteroatoms. The number of carbonyl (C=O) groups is 1. The van der Waals surface area contributed by atoms with E-state index in [0.29, 0.717) is 6.61 Å². The third kappa shape index (κ3) is 2.38. The van der Waals surface area contributed by atoms with Gasteiger partial charge in [-0.2, -0.15) is 0 Å². The fourth-order valence-electron chi connectivity index (χ4n) is 2.64. The summed E-state index contributed by atoms with van der Waals surface area (Å²) in [4.78, 5) is 10.9. The molecule has 0 aromatic carbocycles. The van der Waals surface area contributed by atoms with Crippen LogP contribution in [0.15, 0.2) is 0 Å². The van der Waals surface area contributed by atoms with E-state index in [-0.39, 0.29) is 11.5 Å². The minimum absolute atomic E-state index is 0.106. The molecule has 2 fully saturated rings. The van der Waals surface area contributed by atoms with Gasteiger partial charge in [0.25, 0.3) is 0 Å². The zero-order valence-corrected chi connectivity index (χ0v) is 9.78. The molecule has 2 rings (SSSR count). The summed E-state index contributed by atoms with van der Waals surface area (Å²) >= 11 is 0. The van der Waals surface area contributed by atoms with Crippen molar-refractivity contribution < 1.29 is 19.4 Å². The van der Waals surface area contributed by atoms with Crippen molar-refractivity contribution in [2.75, 3.05) is 19.8 Å². The summed E-state index contributed by atoms with van der Waals surface area (Å²) in [5, 5.41) is 8.94. The summed E-state index contributed by atoms with van der Waals surface area (Å²) < 4.78 is 11.1. The molecule has 2 heterocycles. The van der Waals surface area contributed by atoms with E-state index in [1.807, 2.05) is 0 Å². The van der Waals surface area contributed by atoms with Crippen LogP contribution in [0.2, 0.25) is 0 Å². The Balaban J connectivity index is 1.88. The van der Waals surface area contributed by atoms with Crippen molar-refractivity contribution in [2.24, 2.45) is 11.3 Å². The van der Waals surface area contributed by atoms with Gasteiger partial charge >= 0.3 is 5.97 Å². The maximum Gasteiger partial charge on any atom is 0.308 e. The van der Waals surface area contributed by atoms with Crippen LogP contribution < -0.4 is 0 Å². The molecule has 2 aliphatic heterocycles. The molecule has 0 radical (unpaired) electrons. The van der Waals surface area contributed by atoms with Crippen LogP contribution in [0.1, 0.15) is 32.6 Å². The van der Waals surface area contributed by atoms with Crippen LogP contribution in [0.4, 0.5) is 0 Å². The predicted octanol–water partition coefficient (Wildman–Crippen LogP) is 1.68. The van der Waals surface area contributed by atoms with Gasteiger partial charge in [-0.05, 0) is 38.0 Å². The van der Waals surface area contributed by atoms with Gasteiger partial charge in [-0.15, -0.1) is 0 Å². The molecule has 0 aromatic rings. The van der Waals surface area contributed by atoms with E-state index in [1.165, 1.54) is 0 Å². The molecule has 2 atom stereocenters. The van der Waals surface area contributed by atoms with Crippen molar-refractivity contribution in [2.45, 2.75) is 38.7 Å². The molecule has 4 nitrogen and oxygen atoms in total. The minimum atomic E-state index is -0.757. The Morgan fingerprint density at radius 2 is 2.06 bits per heavy atom. The number of aliphatic carboxylic acids is 1. The Hall–Kier alpha value is -0.610. The van der Waals surface area contributed by atoms with Gasteiger partial charge in [0.15, 0.2) is 0 Å². The lowest BCUT2D eigenvalue weighted by Crippen LogP contribution is -2.43. The summed E-state index contributed by atoms with van der Waals surface area (Å²) in [6.45, 7) is 4.08. The monoisotopic (exact) mass is 228 g/mol. The maximum atomic E-state index is 10.9. The van der Waals surface area contributed by atoms with Gasteiger partial charge in [0, 0.05) is 13.2 Å². The molecule has 1 spiro atoms. The normalized spacial score (nSPS) is 31.2. The van der Waals surface area contributed by atoms with Crippen LogP contribution in [0.25, 0.3) is 0 Å². The highest BCUT2D eigenvalue weighted by Crippen LogP contribution is 2.41. The van der Waals surface area contributed by atoms with Crippen LogP contribution in [0.3, 0.4) is 0 Å². The highest BCUT2D eigenvalue weighted by atomic mass is 16.5. The van der Waals surface area contributed by atoms with Crippen molar-refractivity contribution in [3.63, 3.8) is 0 Å². The highest BCUT2D eigenvalue weighted by Gasteiger charge is 2.39. The molecule has 92 valence electrons. The lowest BCUT2D eigenvalue weighted by molar-refractivity contribution is -0.156. The number of hydrogen-bond donors (Lipinski definition) is 1. The minimum Gasteiger partial charge on any atom is -0.481 e. The number of carboxylic acid groups (broad SMARTS) is 1. The first-order valence-electron chi connectivity index (χ1n) is 6.05. The van der Waals surface area contributed by atoms with Gasteiger partial charge in [0.05, 0.1) is 18.6 Å². The molecule has 2 saturated heterocycles. The molecule has 0 aliphatic carbocycles. The topological polar surface area (TPSA) is 55.8 Å². The van der Waals surface area contributed by atoms with Gasteiger partial charge in [0.1, 0.15) is 0 Å². The zero-order valence-electron chi connectivity index (χ0n) is 9.78. The Morgan fingerprint density at radius 3 is 2.56 bits per heavy atom. The molecule has 0 amide bonds. The fraction of sp³-hybridized carbons (Fsp3) is 0.917. The number of carboxylic acids is 1. The molecule has 2 aliphatic rings. The molecule has 1 N–H and O–H groups in total. The third-order valence-electron chi connectivity index (χ3n) is 4.06. The Labute approximate surface area is 95.9 Å². The van der Waals surface area contributed by atoms with E-state index < -0.39 is 11.9 Å². The lowest BCUT2D eigenvalue weighted by Gasteiger charge is -2.43. The Kier molecular flexibility index (Phi) is 3.50. The third-order valence-corrected chi connectivity index (χ3v) is 4.06. The van der Waals surface area contributed by atoms with Crippen molar-refractivity contribution in [3.8, 4) is 0 Å². The van der Waals surface area contributed by atoms with Gasteiger partial charge in [0.2, 0.25) is 0 Å². The molecule has 0 saturated carbocycles. The summed E-state index contributed by atoms with van der Waals surface area (Å²) in [5.74, 6) is -1.15. The van der Waals surface area contributed by atoms with Gasteiger partial charge < -0.3 is 14.6 Å². The quantitative estimate of drug-likeness (QED) is 0.781. The molecular weight excluding hydrogens is 208 g/mol. The fourth-order valence-corrected chi connectivity index (χ4v) is 2.64. The van der Waals surface area contributed by atoms with Crippen molar-refractivity contribution in [1.29, 1.82) is 0 Å². The van der Waals surface area contributed by atoms with Crippen LogP contribution in [0, 0.1) is 11.3 Å². The average molecular weight is 228 g/mol. The second-order valence-corrected chi connectivity index (χ2v) is 5.13. The molecule has 2 unspecified atom stereocenters. The van der Waals surface area contributed by atoms with E-state index in [0.717, 1.165) is 38.9 Å². The van der Waals surface area contributed by atoms with Crippen molar-refractivity contribution in [1.82, 2.24) is 0 Å². The summed E-state index contributed by atoms with van der Waals surface area (Å²) in [6.07, 6.45) is 3.96. The number of ether oxygens (including phenoxy) is 2. The van der Waals surface area contributed by atoms with Crippen molar-refractivity contribution >= 4 is 5.97 Å². The SMILES string of the molecule is CC(C(=O)O)C1CCC2(CCOCC2)CO1. The van der Waals surface area contributed by atoms with Crippen LogP contribution in [0.5, 0.6) is 0 Å². The van der Waals surface area contributed by atoms with Gasteiger partial charge in [-0.1, -0.05) is 0 Å². The first kappa shape index (κ1) is 11.9. The summed E-state index contributed by atoms with van der Waals surface area (Å²) in [5.41, 5.74) is 0.271. The van der Waals surface area contributed by atoms with E-state index >= 15 is 0 Å². The highest BCUT2D eigenvalue weighted by molar-refractivity contribution is 5.70. The Bertz CT molecular complexity index is 248. The van der Waals surface area contributed by atoms with Crippen LogP contribution in [-0.4, -0.2) is 37.0 Å². The first-order chi connectivity index (χ1) is 7.63. The zero-order chi connectivity index (χ0) is 11.6. The van der Waals surface area contributed by atoms with E-state index in [2.05, 4.69) is 0 Å². The summed E-state index contributed by atoms with van der Waals surface area (Å²) in [7, 11) is 0. The average Bonchev–Trinajstić information content (AvgIpc) is 2.30. The molecule has 0 aromatic heterocycles. The van der Waals surface area contributed by atoms with Crippen molar-refractivity contribution in [3.05, 3.63) is 0 Å². The largest absolute Gasteiger partial charge is 0.481 e. The standard InChI is InChI=1S/C12H20O4/c1-9(11(13)14)10-2-3-12(8-16-10)4-6-15-7-5-12/h9-10H,2-8H2,1H3,(H,13,14). The van der Waals surface area contributed by atoms with Gasteiger partial charge in [-0.25, -0.2) is 0 Å². The first-order valence-corrected chi connectivity index (χ1v) is 6.05. The number of rotatable bonds is 2. The van der Waals surface area contributed by atoms with E-state index in [4.69, 9.17) is 14.6 Å². The predicted molar refractivity (Wildman–Crippen MR) is 58.3 cm³/mol. The van der Waals surface area contributed by atoms with Crippen LogP contribution >= 0.6 is 0 Å². The summed E-state index contributed by atoms with van der Waals surface area (Å²) in [6, 6.07) is 0. The lowest BCUT2D eigenvalue weighted by atomic mass is 9.74. The Morgan fingerprint density at radius 1 is 1.38 bits per heavy atom. The maximum absolute atomic E-state index is 10.9. The molecular formula is C12H20O4.